The lowest BCUT2D eigenvalue weighted by Gasteiger charge is -2.27. The average molecular weight is 179 g/mol. The van der Waals surface area contributed by atoms with Crippen molar-refractivity contribution in [3.8, 4) is 0 Å². The maximum Gasteiger partial charge on any atom is 0.235 e. The third kappa shape index (κ3) is 2.62. The molecule has 0 amide bonds. The Morgan fingerprint density at radius 1 is 1.38 bits per heavy atom. The van der Waals surface area contributed by atoms with Crippen LogP contribution in [0.25, 0.3) is 0 Å². The standard InChI is InChI=1S/C9H11N2O2/c1-7-2-3-8(10-5-12)4-9(7)11-6-13/h7,9H,2-4H2,1H3. The maximum atomic E-state index is 10.1. The van der Waals surface area contributed by atoms with Crippen LogP contribution in [0.4, 0.5) is 0 Å². The SMILES string of the molecule is CC1CC[C](N=C=O)CC1N=C=O. The molecule has 4 nitrogen and oxygen atoms in total. The van der Waals surface area contributed by atoms with E-state index in [0.717, 1.165) is 18.9 Å². The van der Waals surface area contributed by atoms with Crippen LogP contribution in [0.5, 0.6) is 0 Å². The zero-order valence-corrected chi connectivity index (χ0v) is 7.49. The fraction of sp³-hybridized carbons (Fsp3) is 0.667. The molecule has 1 saturated carbocycles. The summed E-state index contributed by atoms with van der Waals surface area (Å²) in [5, 5.41) is 0. The van der Waals surface area contributed by atoms with Gasteiger partial charge in [0.05, 0.1) is 6.04 Å². The Bertz CT molecular complexity index is 265. The lowest BCUT2D eigenvalue weighted by Crippen LogP contribution is -2.24. The van der Waals surface area contributed by atoms with Gasteiger partial charge in [0, 0.05) is 0 Å². The van der Waals surface area contributed by atoms with E-state index in [1.54, 1.807) is 6.08 Å². The van der Waals surface area contributed by atoms with Crippen molar-refractivity contribution in [2.45, 2.75) is 32.2 Å². The van der Waals surface area contributed by atoms with E-state index in [2.05, 4.69) is 9.98 Å². The summed E-state index contributed by atoms with van der Waals surface area (Å²) in [6.45, 7) is 2.03. The third-order valence-corrected chi connectivity index (χ3v) is 2.41. The molecule has 0 bridgehead atoms. The summed E-state index contributed by atoms with van der Waals surface area (Å²) in [7, 11) is 0. The molecule has 2 atom stereocenters. The lowest BCUT2D eigenvalue weighted by atomic mass is 9.83. The zero-order chi connectivity index (χ0) is 9.68. The van der Waals surface area contributed by atoms with Gasteiger partial charge in [-0.1, -0.05) is 6.92 Å². The molecule has 0 aromatic rings. The first-order chi connectivity index (χ1) is 6.27. The Morgan fingerprint density at radius 2 is 2.15 bits per heavy atom. The molecule has 1 aliphatic carbocycles. The summed E-state index contributed by atoms with van der Waals surface area (Å²) in [4.78, 5) is 27.3. The lowest BCUT2D eigenvalue weighted by molar-refractivity contribution is 0.349. The van der Waals surface area contributed by atoms with Crippen molar-refractivity contribution in [2.75, 3.05) is 0 Å². The molecule has 0 spiro atoms. The Labute approximate surface area is 76.8 Å². The van der Waals surface area contributed by atoms with Crippen LogP contribution >= 0.6 is 0 Å². The number of isocyanates is 2. The minimum atomic E-state index is -0.0571. The molecule has 0 N–H and O–H groups in total. The second kappa shape index (κ2) is 4.70. The second-order valence-electron chi connectivity index (χ2n) is 3.28. The van der Waals surface area contributed by atoms with Crippen molar-refractivity contribution in [1.82, 2.24) is 0 Å². The summed E-state index contributed by atoms with van der Waals surface area (Å²) >= 11 is 0. The molecule has 1 fully saturated rings. The van der Waals surface area contributed by atoms with Gasteiger partial charge in [-0.2, -0.15) is 4.99 Å². The first-order valence-electron chi connectivity index (χ1n) is 4.27. The number of carbonyl (C=O) groups excluding carboxylic acids is 2. The number of rotatable bonds is 2. The van der Waals surface area contributed by atoms with Crippen molar-refractivity contribution < 1.29 is 9.59 Å². The summed E-state index contributed by atoms with van der Waals surface area (Å²) in [5.41, 5.74) is 0. The van der Waals surface area contributed by atoms with Crippen LogP contribution < -0.4 is 0 Å². The van der Waals surface area contributed by atoms with Gasteiger partial charge in [0.1, 0.15) is 6.04 Å². The quantitative estimate of drug-likeness (QED) is 0.475. The van der Waals surface area contributed by atoms with Crippen LogP contribution in [0.3, 0.4) is 0 Å². The Balaban J connectivity index is 2.62. The Kier molecular flexibility index (Phi) is 3.56. The molecule has 0 heterocycles. The molecular formula is C9H11N2O2. The maximum absolute atomic E-state index is 10.1. The smallest absolute Gasteiger partial charge is 0.211 e. The summed E-state index contributed by atoms with van der Waals surface area (Å²) < 4.78 is 0. The first-order valence-corrected chi connectivity index (χ1v) is 4.27. The predicted molar refractivity (Wildman–Crippen MR) is 46.3 cm³/mol. The average Bonchev–Trinajstić information content (AvgIpc) is 2.12. The van der Waals surface area contributed by atoms with Crippen LogP contribution in [0, 0.1) is 12.0 Å². The van der Waals surface area contributed by atoms with Crippen molar-refractivity contribution in [3.63, 3.8) is 0 Å². The monoisotopic (exact) mass is 179 g/mol. The number of hydrogen-bond donors (Lipinski definition) is 0. The molecule has 1 aliphatic rings. The molecule has 0 aliphatic heterocycles. The van der Waals surface area contributed by atoms with Gasteiger partial charge in [0.2, 0.25) is 12.2 Å². The fourth-order valence-corrected chi connectivity index (χ4v) is 1.54. The summed E-state index contributed by atoms with van der Waals surface area (Å²) in [6.07, 6.45) is 5.37. The second-order valence-corrected chi connectivity index (χ2v) is 3.28. The van der Waals surface area contributed by atoms with Crippen LogP contribution in [0.15, 0.2) is 9.98 Å². The van der Waals surface area contributed by atoms with Gasteiger partial charge >= 0.3 is 0 Å². The highest BCUT2D eigenvalue weighted by Gasteiger charge is 2.27. The highest BCUT2D eigenvalue weighted by atomic mass is 16.1. The van der Waals surface area contributed by atoms with E-state index in [9.17, 15) is 9.59 Å². The van der Waals surface area contributed by atoms with E-state index in [4.69, 9.17) is 0 Å². The van der Waals surface area contributed by atoms with Crippen LogP contribution in [0.2, 0.25) is 0 Å². The number of aliphatic imine (C=N–C) groups is 2. The number of hydrogen-bond acceptors (Lipinski definition) is 4. The van der Waals surface area contributed by atoms with Gasteiger partial charge in [-0.15, -0.1) is 0 Å². The summed E-state index contributed by atoms with van der Waals surface area (Å²) in [6, 6.07) is 0.732. The van der Waals surface area contributed by atoms with Crippen LogP contribution in [-0.2, 0) is 9.59 Å². The molecule has 4 heteroatoms. The van der Waals surface area contributed by atoms with E-state index in [1.165, 1.54) is 6.08 Å². The molecule has 2 unspecified atom stereocenters. The van der Waals surface area contributed by atoms with Crippen LogP contribution in [0.1, 0.15) is 26.2 Å². The molecule has 0 aromatic carbocycles. The van der Waals surface area contributed by atoms with Gasteiger partial charge in [-0.05, 0) is 25.2 Å². The fourth-order valence-electron chi connectivity index (χ4n) is 1.54. The highest BCUT2D eigenvalue weighted by molar-refractivity contribution is 5.36. The Hall–Kier alpha value is -1.24. The molecule has 0 aromatic heterocycles. The van der Waals surface area contributed by atoms with Crippen molar-refractivity contribution in [1.29, 1.82) is 0 Å². The molecule has 13 heavy (non-hydrogen) atoms. The topological polar surface area (TPSA) is 58.9 Å². The zero-order valence-electron chi connectivity index (χ0n) is 7.49. The van der Waals surface area contributed by atoms with Crippen molar-refractivity contribution in [2.24, 2.45) is 15.9 Å². The van der Waals surface area contributed by atoms with Gasteiger partial charge in [0.25, 0.3) is 0 Å². The molecule has 69 valence electrons. The van der Waals surface area contributed by atoms with E-state index < -0.39 is 0 Å². The van der Waals surface area contributed by atoms with Gasteiger partial charge in [-0.3, -0.25) is 0 Å². The summed E-state index contributed by atoms with van der Waals surface area (Å²) in [5.74, 6) is 0.368. The van der Waals surface area contributed by atoms with Gasteiger partial charge in [0.15, 0.2) is 0 Å². The normalized spacial score (nSPS) is 28.7. The molecule has 0 saturated heterocycles. The van der Waals surface area contributed by atoms with E-state index in [1.807, 2.05) is 6.92 Å². The first kappa shape index (κ1) is 9.85. The number of nitrogens with zero attached hydrogens (tertiary/aromatic N) is 2. The molecular weight excluding hydrogens is 168 g/mol. The van der Waals surface area contributed by atoms with Crippen molar-refractivity contribution in [3.05, 3.63) is 6.04 Å². The molecule has 1 rings (SSSR count). The Morgan fingerprint density at radius 3 is 2.77 bits per heavy atom. The van der Waals surface area contributed by atoms with Gasteiger partial charge < -0.3 is 0 Å². The van der Waals surface area contributed by atoms with Crippen molar-refractivity contribution >= 4 is 12.2 Å². The van der Waals surface area contributed by atoms with E-state index >= 15 is 0 Å². The third-order valence-electron chi connectivity index (χ3n) is 2.41. The minimum Gasteiger partial charge on any atom is -0.211 e. The molecule has 1 radical (unpaired) electrons. The minimum absolute atomic E-state index is 0.0571. The van der Waals surface area contributed by atoms with E-state index in [-0.39, 0.29) is 6.04 Å². The highest BCUT2D eigenvalue weighted by Crippen LogP contribution is 2.32. The van der Waals surface area contributed by atoms with Crippen LogP contribution in [-0.4, -0.2) is 18.2 Å². The van der Waals surface area contributed by atoms with Gasteiger partial charge in [-0.25, -0.2) is 14.6 Å². The predicted octanol–water partition coefficient (Wildman–Crippen LogP) is 1.38. The largest absolute Gasteiger partial charge is 0.235 e. The van der Waals surface area contributed by atoms with E-state index in [0.29, 0.717) is 12.3 Å².